The Labute approximate surface area is 179 Å². The summed E-state index contributed by atoms with van der Waals surface area (Å²) in [4.78, 5) is 23.6. The molecule has 0 spiro atoms. The fourth-order valence-electron chi connectivity index (χ4n) is 3.82. The first kappa shape index (κ1) is 19.3. The highest BCUT2D eigenvalue weighted by Crippen LogP contribution is 2.28. The van der Waals surface area contributed by atoms with Crippen molar-refractivity contribution in [1.29, 1.82) is 0 Å². The summed E-state index contributed by atoms with van der Waals surface area (Å²) < 4.78 is 13.1. The van der Waals surface area contributed by atoms with Crippen molar-refractivity contribution in [3.05, 3.63) is 89.2 Å². The van der Waals surface area contributed by atoms with E-state index in [2.05, 4.69) is 22.0 Å². The Morgan fingerprint density at radius 1 is 1.03 bits per heavy atom. The van der Waals surface area contributed by atoms with E-state index in [0.717, 1.165) is 22.5 Å². The second kappa shape index (κ2) is 8.20. The van der Waals surface area contributed by atoms with E-state index in [-0.39, 0.29) is 11.7 Å². The van der Waals surface area contributed by atoms with Gasteiger partial charge in [0.25, 0.3) is 5.56 Å². The van der Waals surface area contributed by atoms with Crippen molar-refractivity contribution < 1.29 is 9.15 Å². The minimum absolute atomic E-state index is 0.0948. The molecule has 4 aromatic rings. The molecule has 7 heteroatoms. The molecule has 156 valence electrons. The Morgan fingerprint density at radius 2 is 1.84 bits per heavy atom. The number of benzene rings is 1. The number of furan rings is 1. The zero-order valence-electron chi connectivity index (χ0n) is 17.1. The van der Waals surface area contributed by atoms with Crippen LogP contribution in [0, 0.1) is 0 Å². The monoisotopic (exact) mass is 414 g/mol. The standard InChI is InChI=1S/C24H22N4O3/c1-27-23(29)15-20(17-8-10-25-11-9-17)26-24(27)28-12-14-31-22(16-28)19-6-4-18(5-7-19)21-3-2-13-30-21/h2-11,13,15,22H,12,14,16H2,1H3. The van der Waals surface area contributed by atoms with Crippen molar-refractivity contribution in [3.63, 3.8) is 0 Å². The number of nitrogens with zero attached hydrogens (tertiary/aromatic N) is 4. The van der Waals surface area contributed by atoms with Gasteiger partial charge in [0, 0.05) is 43.2 Å². The predicted molar refractivity (Wildman–Crippen MR) is 118 cm³/mol. The van der Waals surface area contributed by atoms with Crippen LogP contribution in [-0.4, -0.2) is 34.2 Å². The highest BCUT2D eigenvalue weighted by molar-refractivity contribution is 5.60. The van der Waals surface area contributed by atoms with Gasteiger partial charge in [-0.05, 0) is 29.8 Å². The van der Waals surface area contributed by atoms with E-state index in [1.807, 2.05) is 36.4 Å². The molecule has 0 amide bonds. The van der Waals surface area contributed by atoms with Crippen LogP contribution in [-0.2, 0) is 11.8 Å². The molecule has 31 heavy (non-hydrogen) atoms. The van der Waals surface area contributed by atoms with Gasteiger partial charge in [-0.25, -0.2) is 4.98 Å². The van der Waals surface area contributed by atoms with Crippen molar-refractivity contribution >= 4 is 5.95 Å². The number of ether oxygens (including phenoxy) is 1. The molecule has 0 aliphatic carbocycles. The summed E-state index contributed by atoms with van der Waals surface area (Å²) >= 11 is 0. The summed E-state index contributed by atoms with van der Waals surface area (Å²) in [7, 11) is 1.75. The third kappa shape index (κ3) is 3.87. The van der Waals surface area contributed by atoms with Crippen molar-refractivity contribution in [1.82, 2.24) is 14.5 Å². The van der Waals surface area contributed by atoms with Gasteiger partial charge in [0.15, 0.2) is 0 Å². The second-order valence-electron chi connectivity index (χ2n) is 7.48. The molecule has 0 bridgehead atoms. The van der Waals surface area contributed by atoms with Crippen LogP contribution >= 0.6 is 0 Å². The van der Waals surface area contributed by atoms with Gasteiger partial charge in [0.2, 0.25) is 5.95 Å². The molecule has 7 nitrogen and oxygen atoms in total. The Bertz CT molecular complexity index is 1220. The predicted octanol–water partition coefficient (Wildman–Crippen LogP) is 3.68. The van der Waals surface area contributed by atoms with Gasteiger partial charge in [-0.15, -0.1) is 0 Å². The van der Waals surface area contributed by atoms with Crippen LogP contribution in [0.15, 0.2) is 82.5 Å². The molecular formula is C24H22N4O3. The summed E-state index contributed by atoms with van der Waals surface area (Å²) in [6, 6.07) is 17.3. The third-order valence-electron chi connectivity index (χ3n) is 5.52. The molecule has 1 fully saturated rings. The normalized spacial score (nSPS) is 16.4. The fourth-order valence-corrected chi connectivity index (χ4v) is 3.82. The maximum atomic E-state index is 12.6. The highest BCUT2D eigenvalue weighted by atomic mass is 16.5. The Hall–Kier alpha value is -3.71. The van der Waals surface area contributed by atoms with E-state index >= 15 is 0 Å². The van der Waals surface area contributed by atoms with Crippen molar-refractivity contribution in [2.24, 2.45) is 7.05 Å². The van der Waals surface area contributed by atoms with E-state index in [1.165, 1.54) is 0 Å². The van der Waals surface area contributed by atoms with Gasteiger partial charge in [0.05, 0.1) is 25.1 Å². The molecule has 1 aromatic carbocycles. The topological polar surface area (TPSA) is 73.4 Å². The van der Waals surface area contributed by atoms with Crippen LogP contribution in [0.5, 0.6) is 0 Å². The summed E-state index contributed by atoms with van der Waals surface area (Å²) in [5.41, 5.74) is 3.52. The molecular weight excluding hydrogens is 392 g/mol. The minimum atomic E-state index is -0.110. The first-order chi connectivity index (χ1) is 15.2. The van der Waals surface area contributed by atoms with Gasteiger partial charge < -0.3 is 14.1 Å². The third-order valence-corrected chi connectivity index (χ3v) is 5.52. The summed E-state index contributed by atoms with van der Waals surface area (Å²) in [6.45, 7) is 1.83. The maximum Gasteiger partial charge on any atom is 0.255 e. The van der Waals surface area contributed by atoms with Crippen LogP contribution in [0.1, 0.15) is 11.7 Å². The molecule has 0 radical (unpaired) electrons. The number of pyridine rings is 1. The summed E-state index contributed by atoms with van der Waals surface area (Å²) in [5.74, 6) is 1.48. The van der Waals surface area contributed by atoms with Crippen LogP contribution in [0.25, 0.3) is 22.6 Å². The lowest BCUT2D eigenvalue weighted by molar-refractivity contribution is 0.0390. The molecule has 1 unspecified atom stereocenters. The molecule has 1 aliphatic heterocycles. The first-order valence-electron chi connectivity index (χ1n) is 10.2. The molecule has 0 N–H and O–H groups in total. The van der Waals surface area contributed by atoms with E-state index in [1.54, 1.807) is 36.3 Å². The maximum absolute atomic E-state index is 12.6. The molecule has 3 aromatic heterocycles. The number of rotatable bonds is 4. The quantitative estimate of drug-likeness (QED) is 0.507. The second-order valence-corrected chi connectivity index (χ2v) is 7.48. The number of aromatic nitrogens is 3. The zero-order chi connectivity index (χ0) is 21.2. The smallest absolute Gasteiger partial charge is 0.255 e. The molecule has 1 aliphatic rings. The Morgan fingerprint density at radius 3 is 2.58 bits per heavy atom. The number of hydrogen-bond acceptors (Lipinski definition) is 6. The fraction of sp³-hybridized carbons (Fsp3) is 0.208. The number of hydrogen-bond donors (Lipinski definition) is 0. The van der Waals surface area contributed by atoms with Gasteiger partial charge in [0.1, 0.15) is 11.9 Å². The van der Waals surface area contributed by atoms with Crippen LogP contribution in [0.2, 0.25) is 0 Å². The van der Waals surface area contributed by atoms with Crippen molar-refractivity contribution in [2.75, 3.05) is 24.6 Å². The lowest BCUT2D eigenvalue weighted by Gasteiger charge is -2.34. The highest BCUT2D eigenvalue weighted by Gasteiger charge is 2.25. The molecule has 4 heterocycles. The average Bonchev–Trinajstić information content (AvgIpc) is 3.37. The largest absolute Gasteiger partial charge is 0.464 e. The Balaban J connectivity index is 1.42. The van der Waals surface area contributed by atoms with Gasteiger partial charge in [-0.1, -0.05) is 24.3 Å². The van der Waals surface area contributed by atoms with E-state index < -0.39 is 0 Å². The van der Waals surface area contributed by atoms with Crippen molar-refractivity contribution in [2.45, 2.75) is 6.10 Å². The number of morpholine rings is 1. The molecule has 5 rings (SSSR count). The van der Waals surface area contributed by atoms with Crippen molar-refractivity contribution in [3.8, 4) is 22.6 Å². The van der Waals surface area contributed by atoms with E-state index in [9.17, 15) is 4.79 Å². The Kier molecular flexibility index (Phi) is 5.09. The zero-order valence-corrected chi connectivity index (χ0v) is 17.1. The minimum Gasteiger partial charge on any atom is -0.464 e. The molecule has 0 saturated carbocycles. The van der Waals surface area contributed by atoms with E-state index in [0.29, 0.717) is 31.3 Å². The average molecular weight is 414 g/mol. The van der Waals surface area contributed by atoms with E-state index in [4.69, 9.17) is 14.1 Å². The van der Waals surface area contributed by atoms with Crippen LogP contribution < -0.4 is 10.5 Å². The number of anilines is 1. The van der Waals surface area contributed by atoms with Gasteiger partial charge in [-0.3, -0.25) is 14.3 Å². The molecule has 1 atom stereocenters. The van der Waals surface area contributed by atoms with Gasteiger partial charge in [-0.2, -0.15) is 0 Å². The summed E-state index contributed by atoms with van der Waals surface area (Å²) in [6.07, 6.45) is 4.96. The summed E-state index contributed by atoms with van der Waals surface area (Å²) in [5, 5.41) is 0. The van der Waals surface area contributed by atoms with Crippen LogP contribution in [0.3, 0.4) is 0 Å². The first-order valence-corrected chi connectivity index (χ1v) is 10.2. The lowest BCUT2D eigenvalue weighted by Crippen LogP contribution is -2.41. The molecule has 1 saturated heterocycles. The lowest BCUT2D eigenvalue weighted by atomic mass is 10.0. The SMILES string of the molecule is Cn1c(N2CCOC(c3ccc(-c4ccco4)cc3)C2)nc(-c2ccncc2)cc1=O. The van der Waals surface area contributed by atoms with Crippen LogP contribution in [0.4, 0.5) is 5.95 Å². The van der Waals surface area contributed by atoms with Gasteiger partial charge >= 0.3 is 0 Å².